The third kappa shape index (κ3) is 6.43. The van der Waals surface area contributed by atoms with Crippen LogP contribution in [0.25, 0.3) is 17.2 Å². The number of rotatable bonds is 12. The maximum absolute atomic E-state index is 13.0. The average molecular weight is 545 g/mol. The molecule has 0 saturated heterocycles. The van der Waals surface area contributed by atoms with Gasteiger partial charge in [0.1, 0.15) is 5.75 Å². The fraction of sp³-hybridized carbons (Fsp3) is 0.258. The van der Waals surface area contributed by atoms with Crippen LogP contribution in [-0.2, 0) is 16.1 Å². The zero-order chi connectivity index (χ0) is 28.6. The second-order valence-corrected chi connectivity index (χ2v) is 9.09. The Kier molecular flexibility index (Phi) is 9.06. The molecule has 1 heterocycles. The third-order valence-electron chi connectivity index (χ3n) is 6.59. The highest BCUT2D eigenvalue weighted by atomic mass is 16.5. The molecule has 1 aliphatic rings. The van der Waals surface area contributed by atoms with Gasteiger partial charge >= 0.3 is 5.97 Å². The normalized spacial score (nSPS) is 13.2. The van der Waals surface area contributed by atoms with Gasteiger partial charge < -0.3 is 29.4 Å². The molecule has 1 aliphatic carbocycles. The smallest absolute Gasteiger partial charge is 0.306 e. The van der Waals surface area contributed by atoms with Gasteiger partial charge in [0, 0.05) is 6.20 Å². The number of aliphatic carboxylic acids is 1. The van der Waals surface area contributed by atoms with Crippen molar-refractivity contribution in [2.75, 3.05) is 27.9 Å². The molecule has 40 heavy (non-hydrogen) atoms. The van der Waals surface area contributed by atoms with Crippen molar-refractivity contribution in [3.8, 4) is 23.0 Å². The fourth-order valence-electron chi connectivity index (χ4n) is 4.56. The SMILES string of the molecule is COc1ccc2c(c1)C(CC(=O)NCc1ccccn1)=C(C)C2=Cc1cc(OC)c(OCCC(=O)O)c(OC)c1. The van der Waals surface area contributed by atoms with E-state index in [0.29, 0.717) is 29.5 Å². The molecule has 0 saturated carbocycles. The second-order valence-electron chi connectivity index (χ2n) is 9.09. The molecule has 2 aromatic carbocycles. The highest BCUT2D eigenvalue weighted by Crippen LogP contribution is 2.46. The topological polar surface area (TPSA) is 116 Å². The van der Waals surface area contributed by atoms with Crippen LogP contribution in [0.2, 0.25) is 0 Å². The van der Waals surface area contributed by atoms with Crippen LogP contribution < -0.4 is 24.3 Å². The summed E-state index contributed by atoms with van der Waals surface area (Å²) in [6, 6.07) is 15.0. The van der Waals surface area contributed by atoms with E-state index in [9.17, 15) is 9.59 Å². The monoisotopic (exact) mass is 544 g/mol. The van der Waals surface area contributed by atoms with E-state index in [1.54, 1.807) is 25.4 Å². The number of fused-ring (bicyclic) bond motifs is 1. The maximum Gasteiger partial charge on any atom is 0.306 e. The number of hydrogen-bond acceptors (Lipinski definition) is 7. The minimum atomic E-state index is -0.959. The Morgan fingerprint density at radius 2 is 1.73 bits per heavy atom. The summed E-state index contributed by atoms with van der Waals surface area (Å²) in [5.41, 5.74) is 6.32. The van der Waals surface area contributed by atoms with Crippen molar-refractivity contribution < 1.29 is 33.6 Å². The number of nitrogens with one attached hydrogen (secondary N) is 1. The summed E-state index contributed by atoms with van der Waals surface area (Å²) in [4.78, 5) is 28.2. The summed E-state index contributed by atoms with van der Waals surface area (Å²) in [5.74, 6) is 0.800. The third-order valence-corrected chi connectivity index (χ3v) is 6.59. The number of carbonyl (C=O) groups excluding carboxylic acids is 1. The Hall–Kier alpha value is -4.79. The standard InChI is InChI=1S/C31H32N2O7/c1-19-24(13-20-14-27(38-3)31(28(15-20)39-4)40-12-10-30(35)36)23-9-8-22(37-2)16-26(23)25(19)17-29(34)33-18-21-7-5-6-11-32-21/h5-9,11,13-16H,10,12,17-18H2,1-4H3,(H,33,34)(H,35,36). The van der Waals surface area contributed by atoms with Crippen LogP contribution in [-0.4, -0.2) is 49.9 Å². The number of carbonyl (C=O) groups is 2. The maximum atomic E-state index is 13.0. The number of allylic oxidation sites excluding steroid dienone is 2. The average Bonchev–Trinajstić information content (AvgIpc) is 3.21. The van der Waals surface area contributed by atoms with E-state index in [4.69, 9.17) is 24.1 Å². The molecule has 0 radical (unpaired) electrons. The summed E-state index contributed by atoms with van der Waals surface area (Å²) in [7, 11) is 4.64. The molecule has 1 amide bonds. The fourth-order valence-corrected chi connectivity index (χ4v) is 4.56. The molecule has 0 bridgehead atoms. The first-order valence-corrected chi connectivity index (χ1v) is 12.7. The molecule has 2 N–H and O–H groups in total. The van der Waals surface area contributed by atoms with Crippen LogP contribution in [0.1, 0.15) is 42.1 Å². The number of aromatic nitrogens is 1. The number of ether oxygens (including phenoxy) is 4. The van der Waals surface area contributed by atoms with Gasteiger partial charge in [-0.05, 0) is 82.8 Å². The van der Waals surface area contributed by atoms with Crippen molar-refractivity contribution in [3.63, 3.8) is 0 Å². The molecule has 0 aliphatic heterocycles. The van der Waals surface area contributed by atoms with Gasteiger partial charge in [0.2, 0.25) is 11.7 Å². The van der Waals surface area contributed by atoms with Crippen molar-refractivity contribution >= 4 is 29.1 Å². The number of methoxy groups -OCH3 is 3. The zero-order valence-electron chi connectivity index (χ0n) is 22.9. The molecule has 4 rings (SSSR count). The molecular formula is C31H32N2O7. The summed E-state index contributed by atoms with van der Waals surface area (Å²) in [6.07, 6.45) is 3.74. The van der Waals surface area contributed by atoms with E-state index in [1.807, 2.05) is 49.4 Å². The van der Waals surface area contributed by atoms with Gasteiger partial charge in [-0.2, -0.15) is 0 Å². The zero-order valence-corrected chi connectivity index (χ0v) is 22.9. The summed E-state index contributed by atoms with van der Waals surface area (Å²) < 4.78 is 22.2. The van der Waals surface area contributed by atoms with Gasteiger partial charge in [-0.25, -0.2) is 0 Å². The van der Waals surface area contributed by atoms with Crippen LogP contribution in [0.3, 0.4) is 0 Å². The Morgan fingerprint density at radius 1 is 0.975 bits per heavy atom. The molecule has 208 valence electrons. The van der Waals surface area contributed by atoms with Crippen LogP contribution in [0.15, 0.2) is 60.3 Å². The number of nitrogens with zero attached hydrogens (tertiary/aromatic N) is 1. The van der Waals surface area contributed by atoms with E-state index in [0.717, 1.165) is 39.1 Å². The van der Waals surface area contributed by atoms with Gasteiger partial charge in [-0.3, -0.25) is 14.6 Å². The molecule has 0 spiro atoms. The van der Waals surface area contributed by atoms with E-state index in [1.165, 1.54) is 14.2 Å². The van der Waals surface area contributed by atoms with E-state index in [-0.39, 0.29) is 25.4 Å². The Bertz CT molecular complexity index is 1440. The highest BCUT2D eigenvalue weighted by Gasteiger charge is 2.26. The molecular weight excluding hydrogens is 512 g/mol. The number of hydrogen-bond donors (Lipinski definition) is 2. The Labute approximate surface area is 233 Å². The number of carboxylic acid groups (broad SMARTS) is 1. The molecule has 0 unspecified atom stereocenters. The van der Waals surface area contributed by atoms with E-state index < -0.39 is 5.97 Å². The quantitative estimate of drug-likeness (QED) is 0.328. The number of carboxylic acids is 1. The minimum absolute atomic E-state index is 0.0225. The van der Waals surface area contributed by atoms with E-state index >= 15 is 0 Å². The first-order valence-electron chi connectivity index (χ1n) is 12.7. The predicted octanol–water partition coefficient (Wildman–Crippen LogP) is 5.00. The summed E-state index contributed by atoms with van der Waals surface area (Å²) in [5, 5.41) is 11.9. The van der Waals surface area contributed by atoms with E-state index in [2.05, 4.69) is 10.3 Å². The number of amides is 1. The lowest BCUT2D eigenvalue weighted by Crippen LogP contribution is -2.23. The molecule has 9 nitrogen and oxygen atoms in total. The minimum Gasteiger partial charge on any atom is -0.497 e. The van der Waals surface area contributed by atoms with Crippen molar-refractivity contribution in [1.29, 1.82) is 0 Å². The van der Waals surface area contributed by atoms with Gasteiger partial charge in [0.15, 0.2) is 11.5 Å². The second kappa shape index (κ2) is 12.8. The van der Waals surface area contributed by atoms with Gasteiger partial charge in [0.05, 0.1) is 53.0 Å². The summed E-state index contributed by atoms with van der Waals surface area (Å²) >= 11 is 0. The van der Waals surface area contributed by atoms with Gasteiger partial charge in [-0.15, -0.1) is 0 Å². The molecule has 0 fully saturated rings. The Morgan fingerprint density at radius 3 is 2.35 bits per heavy atom. The van der Waals surface area contributed by atoms with Crippen LogP contribution in [0.4, 0.5) is 0 Å². The lowest BCUT2D eigenvalue weighted by Gasteiger charge is -2.15. The molecule has 1 aromatic heterocycles. The first-order chi connectivity index (χ1) is 19.3. The van der Waals surface area contributed by atoms with Crippen molar-refractivity contribution in [1.82, 2.24) is 10.3 Å². The van der Waals surface area contributed by atoms with Crippen molar-refractivity contribution in [2.24, 2.45) is 0 Å². The molecule has 3 aromatic rings. The molecule has 9 heteroatoms. The van der Waals surface area contributed by atoms with Crippen LogP contribution >= 0.6 is 0 Å². The largest absolute Gasteiger partial charge is 0.497 e. The lowest BCUT2D eigenvalue weighted by atomic mass is 10.00. The van der Waals surface area contributed by atoms with Crippen LogP contribution in [0.5, 0.6) is 23.0 Å². The summed E-state index contributed by atoms with van der Waals surface area (Å²) in [6.45, 7) is 2.32. The number of benzene rings is 2. The predicted molar refractivity (Wildman–Crippen MR) is 151 cm³/mol. The van der Waals surface area contributed by atoms with Crippen molar-refractivity contribution in [2.45, 2.75) is 26.3 Å². The lowest BCUT2D eigenvalue weighted by molar-refractivity contribution is -0.137. The van der Waals surface area contributed by atoms with Crippen molar-refractivity contribution in [3.05, 3.63) is 82.7 Å². The highest BCUT2D eigenvalue weighted by molar-refractivity contribution is 6.08. The molecule has 0 atom stereocenters. The van der Waals surface area contributed by atoms with Gasteiger partial charge in [-0.1, -0.05) is 12.1 Å². The Balaban J connectivity index is 1.68. The first kappa shape index (κ1) is 28.2. The number of pyridine rings is 1. The van der Waals surface area contributed by atoms with Crippen LogP contribution in [0, 0.1) is 0 Å². The van der Waals surface area contributed by atoms with Gasteiger partial charge in [0.25, 0.3) is 0 Å².